The fourth-order valence-corrected chi connectivity index (χ4v) is 4.13. The quantitative estimate of drug-likeness (QED) is 0.507. The molecule has 0 unspecified atom stereocenters. The highest BCUT2D eigenvalue weighted by atomic mass is 32.2. The second-order valence-electron chi connectivity index (χ2n) is 8.73. The van der Waals surface area contributed by atoms with Crippen LogP contribution in [-0.2, 0) is 20.2 Å². The molecule has 11 heteroatoms. The Labute approximate surface area is 201 Å². The number of nitrogens with one attached hydrogen (secondary N) is 2. The first-order valence-corrected chi connectivity index (χ1v) is 12.4. The van der Waals surface area contributed by atoms with Crippen LogP contribution in [0.15, 0.2) is 54.6 Å². The maximum atomic E-state index is 13.4. The summed E-state index contributed by atoms with van der Waals surface area (Å²) in [5, 5.41) is 2.77. The second-order valence-corrected chi connectivity index (χ2v) is 10.5. The fourth-order valence-electron chi connectivity index (χ4n) is 3.58. The minimum atomic E-state index is -3.75. The maximum Gasteiger partial charge on any atom is 0.586 e. The molecule has 35 heavy (non-hydrogen) atoms. The monoisotopic (exact) mass is 503 g/mol. The van der Waals surface area contributed by atoms with E-state index in [1.54, 1.807) is 50.2 Å². The lowest BCUT2D eigenvalue weighted by molar-refractivity contribution is -0.286. The summed E-state index contributed by atoms with van der Waals surface area (Å²) in [6.07, 6.45) is -2.68. The van der Waals surface area contributed by atoms with E-state index < -0.39 is 27.6 Å². The highest BCUT2D eigenvalue weighted by Crippen LogP contribution is 2.43. The number of pyridine rings is 1. The molecule has 1 aliphatic heterocycles. The van der Waals surface area contributed by atoms with Gasteiger partial charge in [-0.3, -0.25) is 9.52 Å². The molecule has 0 saturated carbocycles. The Bertz CT molecular complexity index is 1420. The van der Waals surface area contributed by atoms with Gasteiger partial charge in [0.25, 0.3) is 0 Å². The Hall–Kier alpha value is -3.73. The Balaban J connectivity index is 1.58. The van der Waals surface area contributed by atoms with E-state index in [1.165, 1.54) is 18.2 Å². The van der Waals surface area contributed by atoms with Crippen molar-refractivity contribution in [1.29, 1.82) is 0 Å². The van der Waals surface area contributed by atoms with Crippen molar-refractivity contribution >= 4 is 27.4 Å². The highest BCUT2D eigenvalue weighted by molar-refractivity contribution is 7.92. The zero-order valence-corrected chi connectivity index (χ0v) is 20.2. The Morgan fingerprint density at radius 1 is 1.03 bits per heavy atom. The van der Waals surface area contributed by atoms with Crippen LogP contribution in [-0.4, -0.2) is 31.9 Å². The van der Waals surface area contributed by atoms with E-state index in [0.717, 1.165) is 11.8 Å². The van der Waals surface area contributed by atoms with E-state index in [1.807, 2.05) is 6.92 Å². The van der Waals surface area contributed by atoms with Crippen LogP contribution in [0.2, 0.25) is 0 Å². The van der Waals surface area contributed by atoms with Crippen molar-refractivity contribution < 1.29 is 31.5 Å². The lowest BCUT2D eigenvalue weighted by atomic mass is 9.83. The number of amides is 1. The number of hydrogen-bond acceptors (Lipinski definition) is 6. The summed E-state index contributed by atoms with van der Waals surface area (Å²) < 4.78 is 61.2. The zero-order chi connectivity index (χ0) is 25.6. The van der Waals surface area contributed by atoms with Crippen molar-refractivity contribution in [2.24, 2.45) is 0 Å². The van der Waals surface area contributed by atoms with Gasteiger partial charge in [-0.05, 0) is 62.2 Å². The third-order valence-corrected chi connectivity index (χ3v) is 6.07. The van der Waals surface area contributed by atoms with E-state index in [9.17, 15) is 22.0 Å². The molecule has 0 saturated heterocycles. The van der Waals surface area contributed by atoms with Gasteiger partial charge in [0.05, 0.1) is 17.4 Å². The summed E-state index contributed by atoms with van der Waals surface area (Å²) in [6, 6.07) is 14.4. The van der Waals surface area contributed by atoms with Gasteiger partial charge in [-0.25, -0.2) is 13.4 Å². The van der Waals surface area contributed by atoms with Gasteiger partial charge < -0.3 is 14.8 Å². The number of carbonyl (C=O) groups excluding carboxylic acids is 1. The number of sulfonamides is 1. The summed E-state index contributed by atoms with van der Waals surface area (Å²) in [7, 11) is -3.45. The molecule has 8 nitrogen and oxygen atoms in total. The molecule has 0 spiro atoms. The molecular formula is C24H23F2N3O5S. The van der Waals surface area contributed by atoms with Crippen LogP contribution in [0, 0.1) is 6.92 Å². The average Bonchev–Trinajstić information content (AvgIpc) is 3.06. The molecule has 1 amide bonds. The first-order valence-electron chi connectivity index (χ1n) is 10.5. The van der Waals surface area contributed by atoms with Gasteiger partial charge in [0.1, 0.15) is 5.82 Å². The summed E-state index contributed by atoms with van der Waals surface area (Å²) in [5.74, 6) is -0.394. The van der Waals surface area contributed by atoms with Crippen molar-refractivity contribution in [2.75, 3.05) is 16.3 Å². The number of benzene rings is 2. The third kappa shape index (κ3) is 5.35. The molecule has 1 aromatic heterocycles. The summed E-state index contributed by atoms with van der Waals surface area (Å²) >= 11 is 0. The Kier molecular flexibility index (Phi) is 5.92. The van der Waals surface area contributed by atoms with Gasteiger partial charge in [-0.15, -0.1) is 8.78 Å². The Morgan fingerprint density at radius 2 is 1.74 bits per heavy atom. The standard InChI is InChI=1S/C24H23F2N3O5S/c1-14-8-11-20(27-21(14)15-6-5-7-17(12-15)29-35(4,31)32)28-22(30)23(2,3)16-9-10-18-19(13-16)34-24(25,26)33-18/h5-13,29H,1-4H3,(H,27,28,30). The van der Waals surface area contributed by atoms with Gasteiger partial charge in [0.2, 0.25) is 15.9 Å². The van der Waals surface area contributed by atoms with Crippen LogP contribution in [0.25, 0.3) is 11.3 Å². The number of anilines is 2. The number of halogens is 2. The SMILES string of the molecule is Cc1ccc(NC(=O)C(C)(C)c2ccc3c(c2)OC(F)(F)O3)nc1-c1cccc(NS(C)(=O)=O)c1. The molecule has 2 aromatic carbocycles. The molecule has 2 N–H and O–H groups in total. The minimum Gasteiger partial charge on any atom is -0.395 e. The second kappa shape index (κ2) is 8.49. The number of aromatic nitrogens is 1. The predicted molar refractivity (Wildman–Crippen MR) is 127 cm³/mol. The average molecular weight is 504 g/mol. The van der Waals surface area contributed by atoms with Crippen LogP contribution in [0.4, 0.5) is 20.3 Å². The number of nitrogens with zero attached hydrogens (tertiary/aromatic N) is 1. The summed E-state index contributed by atoms with van der Waals surface area (Å²) in [6.45, 7) is 5.14. The molecule has 3 aromatic rings. The molecule has 0 atom stereocenters. The number of aryl methyl sites for hydroxylation is 1. The number of alkyl halides is 2. The first-order chi connectivity index (χ1) is 16.2. The predicted octanol–water partition coefficient (Wildman–Crippen LogP) is 4.67. The number of hydrogen-bond donors (Lipinski definition) is 2. The van der Waals surface area contributed by atoms with Crippen molar-refractivity contribution in [2.45, 2.75) is 32.5 Å². The smallest absolute Gasteiger partial charge is 0.395 e. The maximum absolute atomic E-state index is 13.4. The number of fused-ring (bicyclic) bond motifs is 1. The molecule has 0 radical (unpaired) electrons. The molecule has 0 bridgehead atoms. The van der Waals surface area contributed by atoms with E-state index in [4.69, 9.17) is 0 Å². The third-order valence-electron chi connectivity index (χ3n) is 5.47. The molecule has 1 aliphatic rings. The normalized spacial score (nSPS) is 14.5. The van der Waals surface area contributed by atoms with Gasteiger partial charge in [0, 0.05) is 11.3 Å². The van der Waals surface area contributed by atoms with E-state index in [-0.39, 0.29) is 17.3 Å². The summed E-state index contributed by atoms with van der Waals surface area (Å²) in [4.78, 5) is 17.7. The first kappa shape index (κ1) is 24.4. The zero-order valence-electron chi connectivity index (χ0n) is 19.3. The topological polar surface area (TPSA) is 107 Å². The number of rotatable bonds is 6. The lowest BCUT2D eigenvalue weighted by Gasteiger charge is -2.24. The van der Waals surface area contributed by atoms with Gasteiger partial charge in [0.15, 0.2) is 11.5 Å². The van der Waals surface area contributed by atoms with Crippen LogP contribution in [0.5, 0.6) is 11.5 Å². The van der Waals surface area contributed by atoms with Crippen molar-refractivity contribution in [3.8, 4) is 22.8 Å². The highest BCUT2D eigenvalue weighted by Gasteiger charge is 2.44. The van der Waals surface area contributed by atoms with Crippen LogP contribution >= 0.6 is 0 Å². The van der Waals surface area contributed by atoms with E-state index >= 15 is 0 Å². The van der Waals surface area contributed by atoms with Gasteiger partial charge in [-0.1, -0.05) is 24.3 Å². The van der Waals surface area contributed by atoms with E-state index in [2.05, 4.69) is 24.5 Å². The Morgan fingerprint density at radius 3 is 2.46 bits per heavy atom. The largest absolute Gasteiger partial charge is 0.586 e. The molecule has 4 rings (SSSR count). The van der Waals surface area contributed by atoms with Crippen LogP contribution < -0.4 is 19.5 Å². The molecule has 2 heterocycles. The van der Waals surface area contributed by atoms with Gasteiger partial charge in [-0.2, -0.15) is 0 Å². The van der Waals surface area contributed by atoms with Crippen molar-refractivity contribution in [3.05, 3.63) is 65.7 Å². The lowest BCUT2D eigenvalue weighted by Crippen LogP contribution is -2.35. The number of ether oxygens (including phenoxy) is 2. The fraction of sp³-hybridized carbons (Fsp3) is 0.250. The number of carbonyl (C=O) groups is 1. The van der Waals surface area contributed by atoms with E-state index in [0.29, 0.717) is 22.5 Å². The molecule has 0 fully saturated rings. The molecule has 184 valence electrons. The van der Waals surface area contributed by atoms with Crippen molar-refractivity contribution in [3.63, 3.8) is 0 Å². The van der Waals surface area contributed by atoms with Crippen LogP contribution in [0.1, 0.15) is 25.0 Å². The molecule has 0 aliphatic carbocycles. The molecular weight excluding hydrogens is 480 g/mol. The van der Waals surface area contributed by atoms with Crippen LogP contribution in [0.3, 0.4) is 0 Å². The minimum absolute atomic E-state index is 0.104. The summed E-state index contributed by atoms with van der Waals surface area (Å²) in [5.41, 5.74) is 1.74. The van der Waals surface area contributed by atoms with Gasteiger partial charge >= 0.3 is 6.29 Å². The van der Waals surface area contributed by atoms with Crippen molar-refractivity contribution in [1.82, 2.24) is 4.98 Å².